The summed E-state index contributed by atoms with van der Waals surface area (Å²) in [5.74, 6) is 0.0342. The maximum Gasteiger partial charge on any atom is 0.243 e. The van der Waals surface area contributed by atoms with Crippen molar-refractivity contribution in [2.24, 2.45) is 5.92 Å². The van der Waals surface area contributed by atoms with Crippen LogP contribution in [0.25, 0.3) is 0 Å². The molecule has 2 rings (SSSR count). The number of hydrogen-bond acceptors (Lipinski definition) is 3. The SMILES string of the molecule is CC(O)C1CCN(S(=O)(=O)c2cccc(Br)c2)C1. The standard InChI is InChI=1S/C12H16BrNO3S/c1-9(15)10-5-6-14(8-10)18(16,17)12-4-2-3-11(13)7-12/h2-4,7,9-10,15H,5-6,8H2,1H3. The van der Waals surface area contributed by atoms with E-state index in [2.05, 4.69) is 15.9 Å². The van der Waals surface area contributed by atoms with E-state index in [1.807, 2.05) is 0 Å². The number of sulfonamides is 1. The molecule has 1 saturated heterocycles. The van der Waals surface area contributed by atoms with Crippen LogP contribution in [0.1, 0.15) is 13.3 Å². The van der Waals surface area contributed by atoms with E-state index in [1.54, 1.807) is 31.2 Å². The monoisotopic (exact) mass is 333 g/mol. The van der Waals surface area contributed by atoms with Gasteiger partial charge < -0.3 is 5.11 Å². The molecule has 1 fully saturated rings. The van der Waals surface area contributed by atoms with Crippen molar-refractivity contribution in [3.63, 3.8) is 0 Å². The van der Waals surface area contributed by atoms with Gasteiger partial charge in [-0.3, -0.25) is 0 Å². The Kier molecular flexibility index (Phi) is 4.11. The molecule has 0 aliphatic carbocycles. The molecule has 0 radical (unpaired) electrons. The van der Waals surface area contributed by atoms with E-state index in [0.717, 1.165) is 4.47 Å². The second-order valence-corrected chi connectivity index (χ2v) is 7.46. The highest BCUT2D eigenvalue weighted by atomic mass is 79.9. The molecule has 0 spiro atoms. The van der Waals surface area contributed by atoms with Crippen LogP contribution in [-0.2, 0) is 10.0 Å². The van der Waals surface area contributed by atoms with Gasteiger partial charge in [0.05, 0.1) is 11.0 Å². The first kappa shape index (κ1) is 14.0. The van der Waals surface area contributed by atoms with Gasteiger partial charge in [-0.25, -0.2) is 8.42 Å². The van der Waals surface area contributed by atoms with E-state index in [9.17, 15) is 13.5 Å². The maximum atomic E-state index is 12.4. The fraction of sp³-hybridized carbons (Fsp3) is 0.500. The zero-order valence-corrected chi connectivity index (χ0v) is 12.5. The predicted molar refractivity (Wildman–Crippen MR) is 72.7 cm³/mol. The van der Waals surface area contributed by atoms with Gasteiger partial charge in [-0.05, 0) is 37.5 Å². The Hall–Kier alpha value is -0.430. The third kappa shape index (κ3) is 2.77. The number of rotatable bonds is 3. The van der Waals surface area contributed by atoms with Crippen LogP contribution in [0.2, 0.25) is 0 Å². The van der Waals surface area contributed by atoms with Gasteiger partial charge in [-0.1, -0.05) is 22.0 Å². The zero-order valence-electron chi connectivity index (χ0n) is 10.1. The van der Waals surface area contributed by atoms with Crippen LogP contribution in [0.5, 0.6) is 0 Å². The minimum Gasteiger partial charge on any atom is -0.393 e. The second kappa shape index (κ2) is 5.28. The Bertz CT molecular complexity index is 530. The Labute approximate surface area is 116 Å². The van der Waals surface area contributed by atoms with Gasteiger partial charge in [-0.15, -0.1) is 0 Å². The van der Waals surface area contributed by atoms with Gasteiger partial charge in [0.1, 0.15) is 0 Å². The number of aliphatic hydroxyl groups is 1. The number of benzene rings is 1. The van der Waals surface area contributed by atoms with Crippen LogP contribution in [-0.4, -0.2) is 37.0 Å². The summed E-state index contributed by atoms with van der Waals surface area (Å²) in [4.78, 5) is 0.295. The highest BCUT2D eigenvalue weighted by Crippen LogP contribution is 2.27. The van der Waals surface area contributed by atoms with Crippen LogP contribution in [0.4, 0.5) is 0 Å². The molecule has 100 valence electrons. The molecule has 2 atom stereocenters. The minimum absolute atomic E-state index is 0.0342. The third-order valence-electron chi connectivity index (χ3n) is 3.30. The molecule has 6 heteroatoms. The molecular weight excluding hydrogens is 318 g/mol. The number of aliphatic hydroxyl groups excluding tert-OH is 1. The molecule has 18 heavy (non-hydrogen) atoms. The van der Waals surface area contributed by atoms with Gasteiger partial charge in [-0.2, -0.15) is 4.31 Å². The van der Waals surface area contributed by atoms with E-state index in [4.69, 9.17) is 0 Å². The van der Waals surface area contributed by atoms with Crippen LogP contribution < -0.4 is 0 Å². The molecule has 1 aromatic rings. The molecule has 2 unspecified atom stereocenters. The summed E-state index contributed by atoms with van der Waals surface area (Å²) < 4.78 is 27.0. The molecule has 1 aromatic carbocycles. The van der Waals surface area contributed by atoms with Gasteiger partial charge in [0.25, 0.3) is 0 Å². The summed E-state index contributed by atoms with van der Waals surface area (Å²) >= 11 is 3.28. The average Bonchev–Trinajstić information content (AvgIpc) is 2.79. The molecule has 0 amide bonds. The van der Waals surface area contributed by atoms with E-state index in [0.29, 0.717) is 24.4 Å². The summed E-state index contributed by atoms with van der Waals surface area (Å²) in [5.41, 5.74) is 0. The van der Waals surface area contributed by atoms with Crippen molar-refractivity contribution < 1.29 is 13.5 Å². The Morgan fingerprint density at radius 1 is 1.50 bits per heavy atom. The summed E-state index contributed by atoms with van der Waals surface area (Å²) in [7, 11) is -3.44. The summed E-state index contributed by atoms with van der Waals surface area (Å²) in [5, 5.41) is 9.52. The van der Waals surface area contributed by atoms with E-state index in [1.165, 1.54) is 4.31 Å². The van der Waals surface area contributed by atoms with Gasteiger partial charge >= 0.3 is 0 Å². The Morgan fingerprint density at radius 3 is 2.78 bits per heavy atom. The van der Waals surface area contributed by atoms with E-state index >= 15 is 0 Å². The highest BCUT2D eigenvalue weighted by molar-refractivity contribution is 9.10. The fourth-order valence-electron chi connectivity index (χ4n) is 2.14. The minimum atomic E-state index is -3.44. The molecule has 1 aliphatic heterocycles. The lowest BCUT2D eigenvalue weighted by atomic mass is 10.0. The van der Waals surface area contributed by atoms with Crippen LogP contribution in [0.15, 0.2) is 33.6 Å². The number of halogens is 1. The number of hydrogen-bond donors (Lipinski definition) is 1. The summed E-state index contributed by atoms with van der Waals surface area (Å²) in [6, 6.07) is 6.70. The molecule has 1 heterocycles. The molecule has 1 aliphatic rings. The first-order chi connectivity index (χ1) is 8.41. The Morgan fingerprint density at radius 2 is 2.22 bits per heavy atom. The Balaban J connectivity index is 2.23. The second-order valence-electron chi connectivity index (χ2n) is 4.61. The molecular formula is C12H16BrNO3S. The van der Waals surface area contributed by atoms with E-state index < -0.39 is 16.1 Å². The van der Waals surface area contributed by atoms with Crippen molar-refractivity contribution in [3.8, 4) is 0 Å². The first-order valence-electron chi connectivity index (χ1n) is 5.85. The van der Waals surface area contributed by atoms with E-state index in [-0.39, 0.29) is 5.92 Å². The normalized spacial score (nSPS) is 23.2. The average molecular weight is 334 g/mol. The predicted octanol–water partition coefficient (Wildman–Crippen LogP) is 1.84. The lowest BCUT2D eigenvalue weighted by molar-refractivity contribution is 0.133. The van der Waals surface area contributed by atoms with Gasteiger partial charge in [0.15, 0.2) is 0 Å². The number of nitrogens with zero attached hydrogens (tertiary/aromatic N) is 1. The molecule has 1 N–H and O–H groups in total. The quantitative estimate of drug-likeness (QED) is 0.918. The van der Waals surface area contributed by atoms with Crippen LogP contribution in [0, 0.1) is 5.92 Å². The van der Waals surface area contributed by atoms with Crippen LogP contribution >= 0.6 is 15.9 Å². The van der Waals surface area contributed by atoms with Crippen molar-refractivity contribution in [1.29, 1.82) is 0 Å². The molecule has 4 nitrogen and oxygen atoms in total. The highest BCUT2D eigenvalue weighted by Gasteiger charge is 2.34. The van der Waals surface area contributed by atoms with Gasteiger partial charge in [0, 0.05) is 17.6 Å². The lowest BCUT2D eigenvalue weighted by Gasteiger charge is -2.17. The van der Waals surface area contributed by atoms with Crippen molar-refractivity contribution in [1.82, 2.24) is 4.31 Å². The topological polar surface area (TPSA) is 57.6 Å². The zero-order chi connectivity index (χ0) is 13.3. The van der Waals surface area contributed by atoms with Crippen LogP contribution in [0.3, 0.4) is 0 Å². The molecule has 0 saturated carbocycles. The third-order valence-corrected chi connectivity index (χ3v) is 5.66. The van der Waals surface area contributed by atoms with Gasteiger partial charge in [0.2, 0.25) is 10.0 Å². The largest absolute Gasteiger partial charge is 0.393 e. The first-order valence-corrected chi connectivity index (χ1v) is 8.08. The van der Waals surface area contributed by atoms with Crippen molar-refractivity contribution in [2.45, 2.75) is 24.3 Å². The smallest absolute Gasteiger partial charge is 0.243 e. The van der Waals surface area contributed by atoms with Crippen molar-refractivity contribution >= 4 is 26.0 Å². The summed E-state index contributed by atoms with van der Waals surface area (Å²) in [6.07, 6.45) is 0.248. The molecule has 0 bridgehead atoms. The lowest BCUT2D eigenvalue weighted by Crippen LogP contribution is -2.30. The maximum absolute atomic E-state index is 12.4. The molecule has 0 aromatic heterocycles. The van der Waals surface area contributed by atoms with Crippen molar-refractivity contribution in [3.05, 3.63) is 28.7 Å². The summed E-state index contributed by atoms with van der Waals surface area (Å²) in [6.45, 7) is 2.58. The van der Waals surface area contributed by atoms with Crippen molar-refractivity contribution in [2.75, 3.05) is 13.1 Å². The fourth-order valence-corrected chi connectivity index (χ4v) is 4.25.